The first kappa shape index (κ1) is 46.4. The molecule has 0 aliphatic rings. The van der Waals surface area contributed by atoms with E-state index in [-0.39, 0.29) is 20.4 Å². The summed E-state index contributed by atoms with van der Waals surface area (Å²) in [6, 6.07) is 47.7. The molecular formula is C44H43O10P2Pd-. The average molecular weight is 900 g/mol. The summed E-state index contributed by atoms with van der Waals surface area (Å²) in [5.74, 6) is -6.64. The van der Waals surface area contributed by atoms with E-state index in [1.165, 1.54) is 28.4 Å². The number of carbonyl (C=O) groups is 5. The van der Waals surface area contributed by atoms with Crippen LogP contribution in [0.4, 0.5) is 0 Å². The fourth-order valence-electron chi connectivity index (χ4n) is 6.30. The monoisotopic (exact) mass is 899 g/mol. The molecule has 0 unspecified atom stereocenters. The van der Waals surface area contributed by atoms with Crippen LogP contribution in [0.2, 0.25) is 0 Å². The molecule has 1 N–H and O–H groups in total. The second kappa shape index (κ2) is 23.3. The zero-order valence-corrected chi connectivity index (χ0v) is 35.3. The van der Waals surface area contributed by atoms with Gasteiger partial charge in [0.05, 0.1) is 28.4 Å². The summed E-state index contributed by atoms with van der Waals surface area (Å²) >= 11 is 0. The van der Waals surface area contributed by atoms with Gasteiger partial charge in [-0.2, -0.15) is 35.4 Å². The van der Waals surface area contributed by atoms with Crippen LogP contribution in [0.3, 0.4) is 0 Å². The van der Waals surface area contributed by atoms with Crippen molar-refractivity contribution in [3.8, 4) is 0 Å². The molecule has 5 rings (SSSR count). The first-order chi connectivity index (χ1) is 27.1. The average Bonchev–Trinajstić information content (AvgIpc) is 3.24. The molecule has 0 aliphatic heterocycles. The molecule has 10 nitrogen and oxygen atoms in total. The molecule has 0 amide bonds. The van der Waals surface area contributed by atoms with Gasteiger partial charge in [0.15, 0.2) is 11.8 Å². The third kappa shape index (κ3) is 12.0. The number of carboxylic acids is 1. The predicted molar refractivity (Wildman–Crippen MR) is 217 cm³/mol. The number of hydrogen-bond acceptors (Lipinski definition) is 9. The molecule has 0 spiro atoms. The Morgan fingerprint density at radius 1 is 0.456 bits per heavy atom. The van der Waals surface area contributed by atoms with Gasteiger partial charge in [-0.15, -0.1) is 0 Å². The van der Waals surface area contributed by atoms with E-state index >= 15 is 0 Å². The van der Waals surface area contributed by atoms with Gasteiger partial charge in [0, 0.05) is 38.7 Å². The zero-order chi connectivity index (χ0) is 40.6. The van der Waals surface area contributed by atoms with Crippen LogP contribution < -0.4 is 21.2 Å². The van der Waals surface area contributed by atoms with Crippen molar-refractivity contribution < 1.29 is 68.4 Å². The van der Waals surface area contributed by atoms with E-state index in [9.17, 15) is 19.2 Å². The van der Waals surface area contributed by atoms with Gasteiger partial charge >= 0.3 is 23.9 Å². The molecule has 0 fully saturated rings. The molecular weight excluding hydrogens is 857 g/mol. The van der Waals surface area contributed by atoms with E-state index < -0.39 is 68.8 Å². The fourth-order valence-corrected chi connectivity index (χ4v) is 12.1. The maximum atomic E-state index is 13.7. The number of methoxy groups -OCH3 is 4. The molecule has 57 heavy (non-hydrogen) atoms. The first-order valence-electron chi connectivity index (χ1n) is 17.4. The molecule has 300 valence electrons. The van der Waals surface area contributed by atoms with Crippen molar-refractivity contribution >= 4 is 66.9 Å². The Balaban J connectivity index is 0.00000166. The molecule has 5 aromatic carbocycles. The van der Waals surface area contributed by atoms with Crippen molar-refractivity contribution in [3.05, 3.63) is 157 Å². The van der Waals surface area contributed by atoms with Crippen LogP contribution in [0.25, 0.3) is 0 Å². The molecule has 2 atom stereocenters. The number of carbonyl (C=O) groups excluding carboxylic acids is 4. The Morgan fingerprint density at radius 2 is 0.684 bits per heavy atom. The summed E-state index contributed by atoms with van der Waals surface area (Å²) in [4.78, 5) is 63.8. The number of rotatable bonds is 14. The van der Waals surface area contributed by atoms with E-state index in [1.54, 1.807) is 6.07 Å². The minimum Gasteiger partial charge on any atom is -0.481 e. The third-order valence-electron chi connectivity index (χ3n) is 8.62. The number of esters is 4. The zero-order valence-electron chi connectivity index (χ0n) is 31.9. The minimum absolute atomic E-state index is 0. The minimum atomic E-state index is -1.50. The Kier molecular flexibility index (Phi) is 18.9. The van der Waals surface area contributed by atoms with Crippen molar-refractivity contribution in [2.24, 2.45) is 11.8 Å². The standard InChI is InChI=1S/C42H39O8P2.C2H4O2.Pd/c1-47-39(43)35(40(44)48-2)37(51(31-20-9-5-10-21-31)32-22-11-6-12-23-32)29-18-17-19-30(28-29)38(36(41(45)49-3)42(46)50-4)52(33-24-13-7-14-25-33)34-26-15-8-16-27-34;1-2(3)4;/h5-27,35-38H,1-4H3;1H3,(H,3,4);/q-1;;/t37-,38-;;/m0../s1. The molecule has 13 heteroatoms. The van der Waals surface area contributed by atoms with Crippen LogP contribution >= 0.6 is 15.8 Å². The number of aliphatic carboxylic acids is 1. The van der Waals surface area contributed by atoms with Gasteiger partial charge in [-0.05, 0) is 37.1 Å². The molecule has 5 aromatic rings. The van der Waals surface area contributed by atoms with E-state index in [0.717, 1.165) is 28.1 Å². The SMILES string of the molecule is CC(=O)O.COC(=O)C(C(=O)OC)[C@H](c1[c-]c([C@@H](C(C(=O)OC)C(=O)OC)P(c2ccccc2)c2ccccc2)ccc1)P(c1ccccc1)c1ccccc1.[Pd]. The topological polar surface area (TPSA) is 142 Å². The molecule has 0 heterocycles. The summed E-state index contributed by atoms with van der Waals surface area (Å²) in [7, 11) is 1.96. The van der Waals surface area contributed by atoms with Crippen LogP contribution in [-0.2, 0) is 63.3 Å². The molecule has 0 saturated heterocycles. The summed E-state index contributed by atoms with van der Waals surface area (Å²) < 4.78 is 21.0. The van der Waals surface area contributed by atoms with E-state index in [4.69, 9.17) is 28.8 Å². The Bertz CT molecular complexity index is 1800. The van der Waals surface area contributed by atoms with Crippen molar-refractivity contribution in [1.29, 1.82) is 0 Å². The van der Waals surface area contributed by atoms with E-state index in [0.29, 0.717) is 11.1 Å². The summed E-state index contributed by atoms with van der Waals surface area (Å²) in [6.45, 7) is 1.08. The van der Waals surface area contributed by atoms with Gasteiger partial charge in [-0.1, -0.05) is 121 Å². The number of ether oxygens (including phenoxy) is 4. The second-order valence-corrected chi connectivity index (χ2v) is 16.8. The number of hydrogen-bond donors (Lipinski definition) is 1. The molecule has 0 aromatic heterocycles. The maximum Gasteiger partial charge on any atom is 0.320 e. The second-order valence-electron chi connectivity index (χ2n) is 12.1. The van der Waals surface area contributed by atoms with Crippen molar-refractivity contribution in [1.82, 2.24) is 0 Å². The molecule has 0 bridgehead atoms. The largest absolute Gasteiger partial charge is 0.481 e. The van der Waals surface area contributed by atoms with Crippen molar-refractivity contribution in [2.45, 2.75) is 18.2 Å². The van der Waals surface area contributed by atoms with Gasteiger partial charge in [-0.3, -0.25) is 24.0 Å². The molecule has 0 radical (unpaired) electrons. The summed E-state index contributed by atoms with van der Waals surface area (Å²) in [6.07, 6.45) is 0. The third-order valence-corrected chi connectivity index (χ3v) is 14.3. The Hall–Kier alpha value is -5.03. The molecule has 0 saturated carbocycles. The van der Waals surface area contributed by atoms with Crippen LogP contribution in [-0.4, -0.2) is 63.4 Å². The van der Waals surface area contributed by atoms with Gasteiger partial charge in [0.2, 0.25) is 0 Å². The summed E-state index contributed by atoms with van der Waals surface area (Å²) in [5.41, 5.74) is -0.664. The van der Waals surface area contributed by atoms with Gasteiger partial charge < -0.3 is 24.1 Å². The Morgan fingerprint density at radius 3 is 0.895 bits per heavy atom. The van der Waals surface area contributed by atoms with Crippen LogP contribution in [0.5, 0.6) is 0 Å². The Labute approximate surface area is 349 Å². The van der Waals surface area contributed by atoms with E-state index in [2.05, 4.69) is 6.07 Å². The number of carboxylic acid groups (broad SMARTS) is 1. The van der Waals surface area contributed by atoms with Crippen LogP contribution in [0, 0.1) is 17.9 Å². The van der Waals surface area contributed by atoms with Crippen LogP contribution in [0.1, 0.15) is 29.4 Å². The number of benzene rings is 5. The fraction of sp³-hybridized carbons (Fsp3) is 0.205. The smallest absolute Gasteiger partial charge is 0.320 e. The molecule has 0 aliphatic carbocycles. The van der Waals surface area contributed by atoms with Gasteiger partial charge in [-0.25, -0.2) is 0 Å². The van der Waals surface area contributed by atoms with Crippen molar-refractivity contribution in [3.63, 3.8) is 0 Å². The quantitative estimate of drug-likeness (QED) is 0.0361. The normalized spacial score (nSPS) is 11.7. The first-order valence-corrected chi connectivity index (χ1v) is 20.2. The summed E-state index contributed by atoms with van der Waals surface area (Å²) in [5, 5.41) is 11.0. The van der Waals surface area contributed by atoms with Gasteiger partial charge in [0.1, 0.15) is 0 Å². The van der Waals surface area contributed by atoms with E-state index in [1.807, 2.05) is 133 Å². The van der Waals surface area contributed by atoms with Gasteiger partial charge in [0.25, 0.3) is 5.97 Å². The van der Waals surface area contributed by atoms with Crippen LogP contribution in [0.15, 0.2) is 140 Å². The maximum absolute atomic E-state index is 13.7. The van der Waals surface area contributed by atoms with Crippen molar-refractivity contribution in [2.75, 3.05) is 28.4 Å². The predicted octanol–water partition coefficient (Wildman–Crippen LogP) is 5.85.